The minimum Gasteiger partial charge on any atom is -0.444 e. The van der Waals surface area contributed by atoms with Gasteiger partial charge in [-0.1, -0.05) is 72.8 Å². The van der Waals surface area contributed by atoms with Crippen molar-refractivity contribution < 1.29 is 33.1 Å². The molecule has 43 heavy (non-hydrogen) atoms. The van der Waals surface area contributed by atoms with Crippen molar-refractivity contribution in [1.29, 1.82) is 0 Å². The van der Waals surface area contributed by atoms with Crippen molar-refractivity contribution in [3.05, 3.63) is 100 Å². The van der Waals surface area contributed by atoms with Gasteiger partial charge in [0.1, 0.15) is 24.0 Å². The predicted molar refractivity (Wildman–Crippen MR) is 164 cm³/mol. The SMILES string of the molecule is CC1C[C@H](NC(=O)CP(=O)(O)C(NC(=O)c2ccc(Br)o2)c2ccccc2)C(=O)N1[C@@H](C/C=C/c1ccccc1)C(N)=O. The molecule has 0 radical (unpaired) electrons. The van der Waals surface area contributed by atoms with E-state index in [4.69, 9.17) is 10.2 Å². The van der Waals surface area contributed by atoms with Gasteiger partial charge < -0.3 is 30.6 Å². The number of hydrogen-bond donors (Lipinski definition) is 4. The molecule has 5 atom stereocenters. The van der Waals surface area contributed by atoms with Crippen molar-refractivity contribution in [1.82, 2.24) is 15.5 Å². The van der Waals surface area contributed by atoms with Crippen LogP contribution in [0, 0.1) is 0 Å². The number of carbonyl (C=O) groups excluding carboxylic acids is 4. The fourth-order valence-corrected chi connectivity index (χ4v) is 6.97. The maximum absolute atomic E-state index is 13.6. The van der Waals surface area contributed by atoms with Crippen molar-refractivity contribution in [3.63, 3.8) is 0 Å². The number of nitrogens with two attached hydrogens (primary N) is 1. The lowest BCUT2D eigenvalue weighted by atomic mass is 10.1. The third-order valence-corrected chi connectivity index (χ3v) is 9.43. The lowest BCUT2D eigenvalue weighted by molar-refractivity contribution is -0.139. The first-order valence-corrected chi connectivity index (χ1v) is 16.2. The molecular formula is C30H32BrN4O7P. The predicted octanol–water partition coefficient (Wildman–Crippen LogP) is 3.80. The lowest BCUT2D eigenvalue weighted by Gasteiger charge is -2.28. The van der Waals surface area contributed by atoms with Crippen molar-refractivity contribution >= 4 is 53.0 Å². The van der Waals surface area contributed by atoms with Gasteiger partial charge in [-0.05, 0) is 59.0 Å². The maximum atomic E-state index is 13.6. The highest BCUT2D eigenvalue weighted by molar-refractivity contribution is 9.10. The molecule has 4 rings (SSSR count). The van der Waals surface area contributed by atoms with Crippen LogP contribution in [0.3, 0.4) is 0 Å². The number of hydrogen-bond acceptors (Lipinski definition) is 6. The highest BCUT2D eigenvalue weighted by Crippen LogP contribution is 2.53. The van der Waals surface area contributed by atoms with Crippen LogP contribution in [0.25, 0.3) is 6.08 Å². The van der Waals surface area contributed by atoms with Gasteiger partial charge in [-0.15, -0.1) is 0 Å². The van der Waals surface area contributed by atoms with Crippen LogP contribution >= 0.6 is 23.3 Å². The van der Waals surface area contributed by atoms with Crippen molar-refractivity contribution in [2.45, 2.75) is 43.7 Å². The van der Waals surface area contributed by atoms with Gasteiger partial charge in [0.25, 0.3) is 5.91 Å². The zero-order valence-electron chi connectivity index (χ0n) is 23.3. The number of halogens is 1. The summed E-state index contributed by atoms with van der Waals surface area (Å²) in [6.45, 7) is 1.74. The van der Waals surface area contributed by atoms with E-state index >= 15 is 0 Å². The molecule has 0 spiro atoms. The van der Waals surface area contributed by atoms with Crippen molar-refractivity contribution in [2.24, 2.45) is 5.73 Å². The number of nitrogens with one attached hydrogen (secondary N) is 2. The minimum atomic E-state index is -4.44. The molecule has 1 fully saturated rings. The molecule has 13 heteroatoms. The van der Waals surface area contributed by atoms with E-state index in [0.717, 1.165) is 5.56 Å². The van der Waals surface area contributed by atoms with Gasteiger partial charge >= 0.3 is 0 Å². The fourth-order valence-electron chi connectivity index (χ4n) is 5.02. The highest BCUT2D eigenvalue weighted by Gasteiger charge is 2.44. The van der Waals surface area contributed by atoms with E-state index in [0.29, 0.717) is 10.2 Å². The Kier molecular flexibility index (Phi) is 10.4. The number of likely N-dealkylation sites (tertiary alicyclic amines) is 1. The summed E-state index contributed by atoms with van der Waals surface area (Å²) in [5, 5.41) is 5.05. The number of amides is 4. The molecule has 5 N–H and O–H groups in total. The Morgan fingerprint density at radius 2 is 1.77 bits per heavy atom. The van der Waals surface area contributed by atoms with Crippen LogP contribution in [-0.4, -0.2) is 57.7 Å². The van der Waals surface area contributed by atoms with E-state index < -0.39 is 61.1 Å². The van der Waals surface area contributed by atoms with Gasteiger partial charge in [-0.2, -0.15) is 0 Å². The van der Waals surface area contributed by atoms with Crippen molar-refractivity contribution in [3.8, 4) is 0 Å². The summed E-state index contributed by atoms with van der Waals surface area (Å²) in [6, 6.07) is 18.0. The van der Waals surface area contributed by atoms with Gasteiger partial charge in [0, 0.05) is 6.04 Å². The molecule has 226 valence electrons. The molecular weight excluding hydrogens is 639 g/mol. The monoisotopic (exact) mass is 670 g/mol. The molecule has 1 aromatic heterocycles. The Morgan fingerprint density at radius 3 is 2.37 bits per heavy atom. The number of benzene rings is 2. The fraction of sp³-hybridized carbons (Fsp3) is 0.267. The number of furan rings is 1. The number of primary amides is 1. The van der Waals surface area contributed by atoms with Crippen LogP contribution in [0.1, 0.15) is 47.2 Å². The smallest absolute Gasteiger partial charge is 0.287 e. The Bertz CT molecular complexity index is 1550. The summed E-state index contributed by atoms with van der Waals surface area (Å²) < 4.78 is 19.1. The first kappa shape index (κ1) is 31.9. The van der Waals surface area contributed by atoms with E-state index in [2.05, 4.69) is 26.6 Å². The van der Waals surface area contributed by atoms with E-state index in [1.165, 1.54) is 17.0 Å². The standard InChI is InChI=1S/C30H32BrN4O7P/c1-19-17-22(30(39)35(19)23(27(32)37)14-8-11-20-9-4-2-5-10-20)33-26(36)18-43(40,41)29(21-12-6-3-7-13-21)34-28(38)24-15-16-25(31)42-24/h2-13,15-16,19,22-23,29H,14,17-18H2,1H3,(H2,32,37)(H,33,36)(H,34,38)(H,40,41)/b11-8+/t19?,22-,23-,29?/m0/s1. The molecule has 11 nitrogen and oxygen atoms in total. The van der Waals surface area contributed by atoms with Crippen LogP contribution < -0.4 is 16.4 Å². The largest absolute Gasteiger partial charge is 0.444 e. The quantitative estimate of drug-likeness (QED) is 0.212. The normalized spacial score (nSPS) is 19.5. The third kappa shape index (κ3) is 8.10. The first-order valence-electron chi connectivity index (χ1n) is 13.5. The van der Waals surface area contributed by atoms with Gasteiger partial charge in [-0.3, -0.25) is 23.7 Å². The average molecular weight is 671 g/mol. The third-order valence-electron chi connectivity index (χ3n) is 7.03. The summed E-state index contributed by atoms with van der Waals surface area (Å²) in [4.78, 5) is 63.9. The van der Waals surface area contributed by atoms with Crippen LogP contribution in [0.5, 0.6) is 0 Å². The highest BCUT2D eigenvalue weighted by atomic mass is 79.9. The summed E-state index contributed by atoms with van der Waals surface area (Å²) in [5.41, 5.74) is 6.89. The van der Waals surface area contributed by atoms with Crippen LogP contribution in [0.15, 0.2) is 88.0 Å². The second-order valence-electron chi connectivity index (χ2n) is 10.2. The van der Waals surface area contributed by atoms with Crippen LogP contribution in [0.4, 0.5) is 0 Å². The lowest BCUT2D eigenvalue weighted by Crippen LogP contribution is -2.51. The summed E-state index contributed by atoms with van der Waals surface area (Å²) >= 11 is 3.11. The molecule has 1 saturated heterocycles. The second kappa shape index (κ2) is 14.0. The molecule has 1 aliphatic heterocycles. The molecule has 3 unspecified atom stereocenters. The minimum absolute atomic E-state index is 0.0921. The maximum Gasteiger partial charge on any atom is 0.287 e. The second-order valence-corrected chi connectivity index (χ2v) is 13.3. The molecule has 0 bridgehead atoms. The topological polar surface area (TPSA) is 172 Å². The number of carbonyl (C=O) groups is 4. The molecule has 2 aromatic carbocycles. The Labute approximate surface area is 257 Å². The van der Waals surface area contributed by atoms with Gasteiger partial charge in [0.05, 0.1) is 0 Å². The van der Waals surface area contributed by atoms with Crippen molar-refractivity contribution in [2.75, 3.05) is 6.16 Å². The van der Waals surface area contributed by atoms with Crippen LogP contribution in [0.2, 0.25) is 0 Å². The summed E-state index contributed by atoms with van der Waals surface area (Å²) in [7, 11) is -4.44. The summed E-state index contributed by atoms with van der Waals surface area (Å²) in [6.07, 6.45) is 3.08. The van der Waals surface area contributed by atoms with Crippen LogP contribution in [-0.2, 0) is 18.9 Å². The Hall–Kier alpha value is -3.99. The molecule has 3 aromatic rings. The zero-order valence-corrected chi connectivity index (χ0v) is 25.7. The van der Waals surface area contributed by atoms with Gasteiger partial charge in [0.15, 0.2) is 10.4 Å². The first-order chi connectivity index (χ1) is 20.5. The van der Waals surface area contributed by atoms with E-state index in [1.807, 2.05) is 36.4 Å². The number of nitrogens with zero attached hydrogens (tertiary/aromatic N) is 1. The van der Waals surface area contributed by atoms with E-state index in [1.54, 1.807) is 43.3 Å². The Balaban J connectivity index is 1.44. The number of rotatable bonds is 12. The van der Waals surface area contributed by atoms with E-state index in [9.17, 15) is 28.6 Å². The average Bonchev–Trinajstić information content (AvgIpc) is 3.52. The zero-order chi connectivity index (χ0) is 31.1. The molecule has 0 aliphatic carbocycles. The van der Waals surface area contributed by atoms with Gasteiger partial charge in [-0.25, -0.2) is 0 Å². The molecule has 4 amide bonds. The molecule has 2 heterocycles. The molecule has 1 aliphatic rings. The van der Waals surface area contributed by atoms with E-state index in [-0.39, 0.29) is 18.6 Å². The van der Waals surface area contributed by atoms with Gasteiger partial charge in [0.2, 0.25) is 25.1 Å². The summed E-state index contributed by atoms with van der Waals surface area (Å²) in [5.74, 6) is -4.32. The Morgan fingerprint density at radius 1 is 1.12 bits per heavy atom. The molecule has 0 saturated carbocycles.